The van der Waals surface area contributed by atoms with Crippen molar-refractivity contribution < 1.29 is 8.42 Å². The molecule has 1 atom stereocenters. The van der Waals surface area contributed by atoms with Crippen LogP contribution in [0.3, 0.4) is 0 Å². The van der Waals surface area contributed by atoms with Crippen LogP contribution in [-0.4, -0.2) is 13.8 Å². The second kappa shape index (κ2) is 4.28. The first-order valence-corrected chi connectivity index (χ1v) is 5.86. The Morgan fingerprint density at radius 2 is 1.93 bits per heavy atom. The average molecular weight is 221 g/mol. The molecule has 0 aliphatic rings. The van der Waals surface area contributed by atoms with Gasteiger partial charge in [-0.15, -0.1) is 0 Å². The van der Waals surface area contributed by atoms with Gasteiger partial charge in [-0.25, -0.2) is 15.0 Å². The van der Waals surface area contributed by atoms with Gasteiger partial charge in [0.1, 0.15) is 0 Å². The monoisotopic (exact) mass is 221 g/mol. The zero-order valence-corrected chi connectivity index (χ0v) is 9.16. The molecule has 78 valence electrons. The van der Waals surface area contributed by atoms with Crippen LogP contribution in [-0.2, 0) is 9.84 Å². The molecule has 15 heavy (non-hydrogen) atoms. The lowest BCUT2D eigenvalue weighted by Gasteiger charge is -2.03. The molecule has 4 heteroatoms. The van der Waals surface area contributed by atoms with Gasteiger partial charge in [-0.05, 0) is 19.1 Å². The molecule has 0 aliphatic heterocycles. The predicted molar refractivity (Wildman–Crippen MR) is 59.0 cm³/mol. The first-order valence-electron chi connectivity index (χ1n) is 4.32. The fourth-order valence-electron chi connectivity index (χ4n) is 1.12. The Kier molecular flexibility index (Phi) is 3.28. The molecule has 1 unspecified atom stereocenters. The van der Waals surface area contributed by atoms with E-state index in [4.69, 9.17) is 6.57 Å². The van der Waals surface area contributed by atoms with Crippen LogP contribution in [0.25, 0.3) is 4.85 Å². The summed E-state index contributed by atoms with van der Waals surface area (Å²) in [7, 11) is -3.59. The third kappa shape index (κ3) is 2.25. The van der Waals surface area contributed by atoms with Crippen LogP contribution in [0.2, 0.25) is 0 Å². The van der Waals surface area contributed by atoms with Crippen LogP contribution in [0.4, 0.5) is 0 Å². The van der Waals surface area contributed by atoms with Gasteiger partial charge in [0.05, 0.1) is 4.90 Å². The zero-order valence-electron chi connectivity index (χ0n) is 8.34. The second-order valence-corrected chi connectivity index (χ2v) is 5.16. The summed E-state index contributed by atoms with van der Waals surface area (Å²) in [5.74, 6) is 0. The molecule has 1 aromatic carbocycles. The van der Waals surface area contributed by atoms with Gasteiger partial charge in [0.15, 0.2) is 0 Å². The van der Waals surface area contributed by atoms with Crippen molar-refractivity contribution in [1.29, 1.82) is 0 Å². The molecule has 0 bridgehead atoms. The number of sulfone groups is 1. The van der Waals surface area contributed by atoms with Crippen LogP contribution in [0.1, 0.15) is 5.56 Å². The number of aryl methyl sites for hydroxylation is 1. The maximum Gasteiger partial charge on any atom is 0.343 e. The second-order valence-electron chi connectivity index (χ2n) is 3.11. The molecule has 0 saturated carbocycles. The number of rotatable bonds is 3. The molecule has 0 aliphatic carbocycles. The van der Waals surface area contributed by atoms with Crippen LogP contribution in [0.5, 0.6) is 0 Å². The summed E-state index contributed by atoms with van der Waals surface area (Å²) in [5.41, 5.74) is 0.979. The summed E-state index contributed by atoms with van der Waals surface area (Å²) in [6.45, 7) is 12.0. The van der Waals surface area contributed by atoms with E-state index in [1.807, 2.05) is 6.92 Å². The third-order valence-corrected chi connectivity index (χ3v) is 3.86. The summed E-state index contributed by atoms with van der Waals surface area (Å²) in [4.78, 5) is 3.18. The summed E-state index contributed by atoms with van der Waals surface area (Å²) >= 11 is 0. The van der Waals surface area contributed by atoms with Crippen molar-refractivity contribution in [3.8, 4) is 0 Å². The molecule has 1 aromatic rings. The molecule has 0 aromatic heterocycles. The average Bonchev–Trinajstić information content (AvgIpc) is 2.19. The highest BCUT2D eigenvalue weighted by atomic mass is 32.2. The van der Waals surface area contributed by atoms with E-state index in [9.17, 15) is 8.42 Å². The highest BCUT2D eigenvalue weighted by molar-refractivity contribution is 7.92. The molecule has 0 radical (unpaired) electrons. The Balaban J connectivity index is 3.24. The molecule has 0 saturated heterocycles. The normalized spacial score (nSPS) is 12.8. The van der Waals surface area contributed by atoms with Crippen molar-refractivity contribution in [2.75, 3.05) is 0 Å². The molecule has 0 spiro atoms. The Labute approximate surface area is 89.8 Å². The maximum atomic E-state index is 11.8. The van der Waals surface area contributed by atoms with Gasteiger partial charge in [0, 0.05) is 6.08 Å². The van der Waals surface area contributed by atoms with Crippen LogP contribution in [0.15, 0.2) is 41.8 Å². The summed E-state index contributed by atoms with van der Waals surface area (Å²) in [6.07, 6.45) is 1.14. The van der Waals surface area contributed by atoms with Gasteiger partial charge in [0.25, 0.3) is 9.84 Å². The van der Waals surface area contributed by atoms with Crippen molar-refractivity contribution in [2.24, 2.45) is 0 Å². The van der Waals surface area contributed by atoms with E-state index in [2.05, 4.69) is 11.4 Å². The fourth-order valence-corrected chi connectivity index (χ4v) is 2.30. The van der Waals surface area contributed by atoms with Gasteiger partial charge in [-0.1, -0.05) is 24.3 Å². The van der Waals surface area contributed by atoms with E-state index >= 15 is 0 Å². The van der Waals surface area contributed by atoms with E-state index in [0.29, 0.717) is 0 Å². The lowest BCUT2D eigenvalue weighted by atomic mass is 10.2. The van der Waals surface area contributed by atoms with Gasteiger partial charge in [0.2, 0.25) is 0 Å². The highest BCUT2D eigenvalue weighted by Crippen LogP contribution is 2.18. The van der Waals surface area contributed by atoms with Gasteiger partial charge in [-0.3, -0.25) is 4.85 Å². The maximum absolute atomic E-state index is 11.8. The van der Waals surface area contributed by atoms with Crippen molar-refractivity contribution in [3.63, 3.8) is 0 Å². The molecule has 0 fully saturated rings. The molecular weight excluding hydrogens is 210 g/mol. The predicted octanol–water partition coefficient (Wildman–Crippen LogP) is 2.20. The Morgan fingerprint density at radius 1 is 1.40 bits per heavy atom. The van der Waals surface area contributed by atoms with Gasteiger partial charge >= 0.3 is 5.37 Å². The van der Waals surface area contributed by atoms with Crippen LogP contribution >= 0.6 is 0 Å². The van der Waals surface area contributed by atoms with E-state index < -0.39 is 15.2 Å². The lowest BCUT2D eigenvalue weighted by molar-refractivity contribution is 0.594. The summed E-state index contributed by atoms with van der Waals surface area (Å²) in [5, 5.41) is -1.19. The quantitative estimate of drug-likeness (QED) is 0.579. The standard InChI is InChI=1S/C11H11NO2S/c1-4-11(12-3)15(13,14)10-7-5-9(2)6-8-10/h4-8,11H,1H2,2H3. The molecule has 3 nitrogen and oxygen atoms in total. The minimum Gasteiger partial charge on any atom is -0.291 e. The van der Waals surface area contributed by atoms with E-state index in [0.717, 1.165) is 11.6 Å². The largest absolute Gasteiger partial charge is 0.343 e. The highest BCUT2D eigenvalue weighted by Gasteiger charge is 2.29. The van der Waals surface area contributed by atoms with E-state index in [1.165, 1.54) is 12.1 Å². The number of benzene rings is 1. The molecule has 0 amide bonds. The van der Waals surface area contributed by atoms with Crippen LogP contribution < -0.4 is 0 Å². The zero-order chi connectivity index (χ0) is 11.5. The van der Waals surface area contributed by atoms with E-state index in [1.54, 1.807) is 12.1 Å². The number of nitrogens with zero attached hydrogens (tertiary/aromatic N) is 1. The number of hydrogen-bond acceptors (Lipinski definition) is 2. The Hall–Kier alpha value is -1.60. The molecular formula is C11H11NO2S. The smallest absolute Gasteiger partial charge is 0.291 e. The minimum absolute atomic E-state index is 0.161. The van der Waals surface area contributed by atoms with Gasteiger partial charge in [-0.2, -0.15) is 0 Å². The van der Waals surface area contributed by atoms with Crippen molar-refractivity contribution in [2.45, 2.75) is 17.2 Å². The van der Waals surface area contributed by atoms with Crippen molar-refractivity contribution in [1.82, 2.24) is 0 Å². The number of hydrogen-bond donors (Lipinski definition) is 0. The van der Waals surface area contributed by atoms with Gasteiger partial charge < -0.3 is 0 Å². The first kappa shape index (κ1) is 11.5. The molecule has 0 N–H and O–H groups in total. The SMILES string of the molecule is [C-]#[N+]C(C=C)S(=O)(=O)c1ccc(C)cc1. The summed E-state index contributed by atoms with van der Waals surface area (Å²) in [6, 6.07) is 6.42. The Morgan fingerprint density at radius 3 is 2.33 bits per heavy atom. The first-order chi connectivity index (χ1) is 7.02. The topological polar surface area (TPSA) is 38.5 Å². The van der Waals surface area contributed by atoms with Crippen molar-refractivity contribution in [3.05, 3.63) is 53.9 Å². The molecule has 0 heterocycles. The Bertz CT molecular complexity index is 494. The van der Waals surface area contributed by atoms with Crippen LogP contribution in [0, 0.1) is 13.5 Å². The minimum atomic E-state index is -3.59. The molecule has 1 rings (SSSR count). The van der Waals surface area contributed by atoms with Crippen molar-refractivity contribution >= 4 is 9.84 Å². The fraction of sp³-hybridized carbons (Fsp3) is 0.182. The van der Waals surface area contributed by atoms with E-state index in [-0.39, 0.29) is 4.90 Å². The lowest BCUT2D eigenvalue weighted by Crippen LogP contribution is -2.14. The summed E-state index contributed by atoms with van der Waals surface area (Å²) < 4.78 is 23.6. The third-order valence-electron chi connectivity index (χ3n) is 2.00.